The summed E-state index contributed by atoms with van der Waals surface area (Å²) in [5.41, 5.74) is 13.6. The molecule has 1 saturated heterocycles. The van der Waals surface area contributed by atoms with Gasteiger partial charge in [0, 0.05) is 68.4 Å². The molecule has 1 aromatic carbocycles. The Balaban J connectivity index is 0.000000376. The van der Waals surface area contributed by atoms with E-state index in [1.807, 2.05) is 50.1 Å². The highest BCUT2D eigenvalue weighted by atomic mass is 35.5. The van der Waals surface area contributed by atoms with Crippen molar-refractivity contribution in [3.63, 3.8) is 0 Å². The molecule has 1 unspecified atom stereocenters. The van der Waals surface area contributed by atoms with Crippen LogP contribution in [-0.2, 0) is 4.79 Å². The summed E-state index contributed by atoms with van der Waals surface area (Å²) in [6, 6.07) is 7.63. The Bertz CT molecular complexity index is 969. The third-order valence-corrected chi connectivity index (χ3v) is 6.73. The Labute approximate surface area is 229 Å². The third kappa shape index (κ3) is 10.7. The second kappa shape index (κ2) is 17.0. The van der Waals surface area contributed by atoms with E-state index < -0.39 is 0 Å². The molecule has 1 fully saturated rings. The molecular formula is C29H49ClN6O. The third-order valence-electron chi connectivity index (χ3n) is 6.50. The minimum Gasteiger partial charge on any atom is -0.386 e. The van der Waals surface area contributed by atoms with E-state index >= 15 is 0 Å². The van der Waals surface area contributed by atoms with E-state index in [-0.39, 0.29) is 0 Å². The molecule has 7 nitrogen and oxygen atoms in total. The minimum atomic E-state index is 0.304. The summed E-state index contributed by atoms with van der Waals surface area (Å²) in [6.07, 6.45) is 5.26. The van der Waals surface area contributed by atoms with Gasteiger partial charge in [0.1, 0.15) is 5.82 Å². The highest BCUT2D eigenvalue weighted by molar-refractivity contribution is 6.31. The fraction of sp³-hybridized carbons (Fsp3) is 0.586. The van der Waals surface area contributed by atoms with E-state index in [1.54, 1.807) is 0 Å². The zero-order valence-electron chi connectivity index (χ0n) is 23.9. The molecule has 8 heteroatoms. The number of nitrogens with two attached hydrogens (primary N) is 2. The lowest BCUT2D eigenvalue weighted by molar-refractivity contribution is -0.130. The number of carbonyl (C=O) groups excluding carboxylic acids is 1. The molecule has 0 saturated carbocycles. The summed E-state index contributed by atoms with van der Waals surface area (Å²) in [4.78, 5) is 22.2. The summed E-state index contributed by atoms with van der Waals surface area (Å²) in [6.45, 7) is 18.7. The van der Waals surface area contributed by atoms with Gasteiger partial charge in [0.25, 0.3) is 0 Å². The Morgan fingerprint density at radius 2 is 1.81 bits per heavy atom. The van der Waals surface area contributed by atoms with Crippen molar-refractivity contribution < 1.29 is 4.79 Å². The largest absolute Gasteiger partial charge is 0.386 e. The smallest absolute Gasteiger partial charge is 0.222 e. The van der Waals surface area contributed by atoms with Gasteiger partial charge in [-0.2, -0.15) is 0 Å². The molecule has 37 heavy (non-hydrogen) atoms. The average molecular weight is 533 g/mol. The minimum absolute atomic E-state index is 0.304. The first kappa shape index (κ1) is 32.4. The number of fused-ring (bicyclic) bond motifs is 1. The van der Waals surface area contributed by atoms with Crippen LogP contribution in [0, 0.1) is 5.92 Å². The van der Waals surface area contributed by atoms with Crippen molar-refractivity contribution in [3.05, 3.63) is 41.7 Å². The van der Waals surface area contributed by atoms with Crippen LogP contribution >= 0.6 is 11.6 Å². The maximum atomic E-state index is 11.6. The molecule has 0 aliphatic carbocycles. The van der Waals surface area contributed by atoms with Crippen molar-refractivity contribution in [2.75, 3.05) is 50.4 Å². The fourth-order valence-corrected chi connectivity index (χ4v) is 4.28. The average Bonchev–Trinajstić information content (AvgIpc) is 2.89. The lowest BCUT2D eigenvalue weighted by Crippen LogP contribution is -2.47. The van der Waals surface area contributed by atoms with E-state index in [4.69, 9.17) is 23.1 Å². The van der Waals surface area contributed by atoms with Gasteiger partial charge >= 0.3 is 0 Å². The van der Waals surface area contributed by atoms with Crippen LogP contribution in [0.25, 0.3) is 10.9 Å². The Morgan fingerprint density at radius 3 is 2.38 bits per heavy atom. The van der Waals surface area contributed by atoms with Crippen molar-refractivity contribution >= 4 is 39.9 Å². The van der Waals surface area contributed by atoms with Gasteiger partial charge in [0.05, 0.1) is 11.3 Å². The Hall–Kier alpha value is -2.67. The normalized spacial score (nSPS) is 13.7. The monoisotopic (exact) mass is 532 g/mol. The lowest BCUT2D eigenvalue weighted by atomic mass is 10.1. The number of pyridine rings is 1. The summed E-state index contributed by atoms with van der Waals surface area (Å²) < 4.78 is 0. The van der Waals surface area contributed by atoms with Gasteiger partial charge in [0.2, 0.25) is 5.91 Å². The van der Waals surface area contributed by atoms with Crippen LogP contribution < -0.4 is 16.4 Å². The molecule has 2 aromatic rings. The molecule has 1 aliphatic rings. The lowest BCUT2D eigenvalue weighted by Gasteiger charge is -2.37. The molecule has 1 aliphatic heterocycles. The van der Waals surface area contributed by atoms with E-state index in [9.17, 15) is 4.79 Å². The predicted molar refractivity (Wildman–Crippen MR) is 161 cm³/mol. The Kier molecular flexibility index (Phi) is 14.8. The number of hydrogen-bond donors (Lipinski definition) is 2. The molecule has 0 spiro atoms. The summed E-state index contributed by atoms with van der Waals surface area (Å²) in [5.74, 6) is 2.06. The Morgan fingerprint density at radius 1 is 1.16 bits per heavy atom. The number of halogens is 1. The maximum Gasteiger partial charge on any atom is 0.222 e. The number of amides is 1. The number of carbonyl (C=O) groups is 1. The van der Waals surface area contributed by atoms with Gasteiger partial charge in [-0.15, -0.1) is 0 Å². The number of aromatic nitrogens is 1. The molecule has 1 atom stereocenters. The van der Waals surface area contributed by atoms with E-state index in [2.05, 4.69) is 42.1 Å². The first-order chi connectivity index (χ1) is 17.7. The van der Waals surface area contributed by atoms with Gasteiger partial charge < -0.3 is 26.2 Å². The van der Waals surface area contributed by atoms with Crippen LogP contribution in [0.4, 0.5) is 11.5 Å². The highest BCUT2D eigenvalue weighted by Crippen LogP contribution is 2.30. The molecule has 2 heterocycles. The topological polar surface area (TPSA) is 91.7 Å². The van der Waals surface area contributed by atoms with Crippen molar-refractivity contribution in [2.45, 2.75) is 66.7 Å². The van der Waals surface area contributed by atoms with Crippen molar-refractivity contribution in [1.29, 1.82) is 0 Å². The summed E-state index contributed by atoms with van der Waals surface area (Å²) >= 11 is 6.04. The molecule has 208 valence electrons. The number of nitrogen functional groups attached to an aromatic ring is 1. The molecule has 3 rings (SSSR count). The van der Waals surface area contributed by atoms with Crippen LogP contribution in [0.2, 0.25) is 5.02 Å². The molecular weight excluding hydrogens is 484 g/mol. The second-order valence-corrected chi connectivity index (χ2v) is 9.87. The highest BCUT2D eigenvalue weighted by Gasteiger charge is 2.19. The molecule has 0 bridgehead atoms. The number of anilines is 2. The maximum absolute atomic E-state index is 11.6. The van der Waals surface area contributed by atoms with Crippen molar-refractivity contribution in [2.24, 2.45) is 11.7 Å². The van der Waals surface area contributed by atoms with Gasteiger partial charge in [-0.05, 0) is 30.5 Å². The standard InChI is InChI=1S/C15H18ClN5.C12H25NO.C2H6/c1-10(17)20-4-6-21(7-5-20)14-9-15(18)19-13-8-11(16)2-3-12(13)14;1-5-7-8-9-12(14)13(4)10-11(3)6-2;1-2/h2-3,8-9H,1,4-7,17H2,(H2,18,19);11H,5-10H2,1-4H3;1-2H3. The number of unbranched alkanes of at least 4 members (excludes halogenated alkanes) is 2. The van der Waals surface area contributed by atoms with Crippen molar-refractivity contribution in [1.82, 2.24) is 14.8 Å². The van der Waals surface area contributed by atoms with Crippen LogP contribution in [0.1, 0.15) is 66.7 Å². The van der Waals surface area contributed by atoms with Gasteiger partial charge in [-0.25, -0.2) is 4.98 Å². The van der Waals surface area contributed by atoms with Gasteiger partial charge in [0.15, 0.2) is 0 Å². The quantitative estimate of drug-likeness (QED) is 0.378. The molecule has 1 amide bonds. The molecule has 4 N–H and O–H groups in total. The zero-order chi connectivity index (χ0) is 28.0. The number of rotatable bonds is 9. The number of nitrogens with zero attached hydrogens (tertiary/aromatic N) is 4. The molecule has 1 aromatic heterocycles. The van der Waals surface area contributed by atoms with Crippen molar-refractivity contribution in [3.8, 4) is 0 Å². The van der Waals surface area contributed by atoms with E-state index in [0.29, 0.717) is 28.5 Å². The molecule has 0 radical (unpaired) electrons. The van der Waals surface area contributed by atoms with Crippen LogP contribution in [0.15, 0.2) is 36.7 Å². The van der Waals surface area contributed by atoms with E-state index in [0.717, 1.165) is 68.6 Å². The van der Waals surface area contributed by atoms with Crippen LogP contribution in [0.5, 0.6) is 0 Å². The van der Waals surface area contributed by atoms with Gasteiger partial charge in [-0.1, -0.05) is 72.1 Å². The zero-order valence-corrected chi connectivity index (χ0v) is 24.7. The van der Waals surface area contributed by atoms with Gasteiger partial charge in [-0.3, -0.25) is 4.79 Å². The number of piperazine rings is 1. The number of hydrogen-bond acceptors (Lipinski definition) is 6. The van der Waals surface area contributed by atoms with E-state index in [1.165, 1.54) is 12.8 Å². The summed E-state index contributed by atoms with van der Waals surface area (Å²) in [7, 11) is 1.92. The summed E-state index contributed by atoms with van der Waals surface area (Å²) in [5, 5.41) is 1.73. The number of benzene rings is 1. The fourth-order valence-electron chi connectivity index (χ4n) is 4.11. The first-order valence-corrected chi connectivity index (χ1v) is 14.1. The second-order valence-electron chi connectivity index (χ2n) is 9.44. The van der Waals surface area contributed by atoms with Crippen LogP contribution in [0.3, 0.4) is 0 Å². The van der Waals surface area contributed by atoms with Crippen LogP contribution in [-0.4, -0.2) is 60.5 Å². The predicted octanol–water partition coefficient (Wildman–Crippen LogP) is 6.12. The first-order valence-electron chi connectivity index (χ1n) is 13.7. The SMILES string of the molecule is C=C(N)N1CCN(c2cc(N)nc3cc(Cl)ccc23)CC1.CC.CCCCCC(=O)N(C)CC(C)CC.